The minimum absolute atomic E-state index is 0.0886. The number of hydrazone groups is 1. The summed E-state index contributed by atoms with van der Waals surface area (Å²) in [6.45, 7) is 7.80. The van der Waals surface area contributed by atoms with Crippen molar-refractivity contribution in [2.24, 2.45) is 5.10 Å². The topological polar surface area (TPSA) is 83.0 Å². The van der Waals surface area contributed by atoms with Crippen LogP contribution in [-0.2, 0) is 4.79 Å². The van der Waals surface area contributed by atoms with Gasteiger partial charge in [0.05, 0.1) is 12.8 Å². The number of benzene rings is 3. The first kappa shape index (κ1) is 26.2. The Morgan fingerprint density at radius 1 is 0.889 bits per heavy atom. The molecule has 0 heterocycles. The molecule has 0 aromatic heterocycles. The minimum atomic E-state index is -0.528. The third-order valence-corrected chi connectivity index (χ3v) is 5.69. The molecule has 0 bridgehead atoms. The van der Waals surface area contributed by atoms with Crippen molar-refractivity contribution in [3.63, 3.8) is 0 Å². The standard InChI is InChI=1S/C29H32N4O3/c1-5-33(6-2)25-16-12-22(13-17-25)20-27(30-28(34)24-10-8-7-9-11-24)29(35)32-31-21(3)23-14-18-26(36-4)19-15-23/h7-20H,5-6H2,1-4H3,(H,30,34)(H,32,35)/b27-20-,31-21+. The number of rotatable bonds is 10. The maximum atomic E-state index is 13.1. The van der Waals surface area contributed by atoms with Gasteiger partial charge < -0.3 is 15.0 Å². The molecule has 3 aromatic carbocycles. The lowest BCUT2D eigenvalue weighted by molar-refractivity contribution is -0.117. The molecule has 0 aliphatic heterocycles. The summed E-state index contributed by atoms with van der Waals surface area (Å²) >= 11 is 0. The number of nitrogens with zero attached hydrogens (tertiary/aromatic N) is 2. The van der Waals surface area contributed by atoms with Crippen LogP contribution < -0.4 is 20.4 Å². The molecule has 0 unspecified atom stereocenters. The maximum absolute atomic E-state index is 13.1. The van der Waals surface area contributed by atoms with Crippen molar-refractivity contribution in [1.29, 1.82) is 0 Å². The SMILES string of the molecule is CCN(CC)c1ccc(/C=C(\NC(=O)c2ccccc2)C(=O)N/N=C(\C)c2ccc(OC)cc2)cc1. The second-order valence-corrected chi connectivity index (χ2v) is 8.01. The van der Waals surface area contributed by atoms with Crippen molar-refractivity contribution in [2.75, 3.05) is 25.1 Å². The van der Waals surface area contributed by atoms with E-state index in [9.17, 15) is 9.59 Å². The highest BCUT2D eigenvalue weighted by atomic mass is 16.5. The normalized spacial score (nSPS) is 11.6. The summed E-state index contributed by atoms with van der Waals surface area (Å²) < 4.78 is 5.18. The Hall–Kier alpha value is -4.39. The average molecular weight is 485 g/mol. The van der Waals surface area contributed by atoms with Gasteiger partial charge in [0.2, 0.25) is 0 Å². The zero-order chi connectivity index (χ0) is 25.9. The number of anilines is 1. The highest BCUT2D eigenvalue weighted by Gasteiger charge is 2.15. The van der Waals surface area contributed by atoms with Crippen molar-refractivity contribution in [1.82, 2.24) is 10.7 Å². The van der Waals surface area contributed by atoms with E-state index in [0.29, 0.717) is 11.3 Å². The third-order valence-electron chi connectivity index (χ3n) is 5.69. The number of amides is 2. The first-order valence-electron chi connectivity index (χ1n) is 11.9. The monoisotopic (exact) mass is 484 g/mol. The summed E-state index contributed by atoms with van der Waals surface area (Å²) in [4.78, 5) is 28.1. The Bertz CT molecular complexity index is 1210. The highest BCUT2D eigenvalue weighted by molar-refractivity contribution is 6.06. The van der Waals surface area contributed by atoms with Gasteiger partial charge in [-0.15, -0.1) is 0 Å². The fourth-order valence-corrected chi connectivity index (χ4v) is 3.57. The van der Waals surface area contributed by atoms with Crippen LogP contribution in [0.15, 0.2) is 89.7 Å². The number of nitrogens with one attached hydrogen (secondary N) is 2. The molecule has 3 aromatic rings. The summed E-state index contributed by atoms with van der Waals surface area (Å²) in [5.74, 6) is -0.177. The number of methoxy groups -OCH3 is 1. The number of ether oxygens (including phenoxy) is 1. The van der Waals surface area contributed by atoms with E-state index >= 15 is 0 Å². The molecule has 2 amide bonds. The Morgan fingerprint density at radius 2 is 1.53 bits per heavy atom. The van der Waals surface area contributed by atoms with E-state index in [-0.39, 0.29) is 11.6 Å². The molecule has 36 heavy (non-hydrogen) atoms. The molecule has 186 valence electrons. The molecule has 0 fully saturated rings. The van der Waals surface area contributed by atoms with Gasteiger partial charge in [-0.1, -0.05) is 30.3 Å². The predicted molar refractivity (Wildman–Crippen MR) is 145 cm³/mol. The Balaban J connectivity index is 1.84. The average Bonchev–Trinajstić information content (AvgIpc) is 2.93. The fraction of sp³-hybridized carbons (Fsp3) is 0.207. The summed E-state index contributed by atoms with van der Waals surface area (Å²) in [5, 5.41) is 6.96. The molecule has 2 N–H and O–H groups in total. The van der Waals surface area contributed by atoms with Crippen molar-refractivity contribution < 1.29 is 14.3 Å². The third kappa shape index (κ3) is 7.06. The molecule has 0 saturated carbocycles. The molecule has 0 spiro atoms. The molecular formula is C29H32N4O3. The van der Waals surface area contributed by atoms with Gasteiger partial charge in [-0.05, 0) is 86.5 Å². The van der Waals surface area contributed by atoms with E-state index in [4.69, 9.17) is 4.74 Å². The summed E-state index contributed by atoms with van der Waals surface area (Å²) in [6, 6.07) is 23.9. The summed E-state index contributed by atoms with van der Waals surface area (Å²) in [5.41, 5.74) is 6.42. The van der Waals surface area contributed by atoms with Crippen LogP contribution in [-0.4, -0.2) is 37.7 Å². The number of hydrogen-bond acceptors (Lipinski definition) is 5. The fourth-order valence-electron chi connectivity index (χ4n) is 3.57. The van der Waals surface area contributed by atoms with Crippen molar-refractivity contribution in [3.8, 4) is 5.75 Å². The summed E-state index contributed by atoms with van der Waals surface area (Å²) in [6.07, 6.45) is 1.64. The van der Waals surface area contributed by atoms with E-state index in [2.05, 4.69) is 34.6 Å². The minimum Gasteiger partial charge on any atom is -0.497 e. The van der Waals surface area contributed by atoms with Crippen molar-refractivity contribution in [2.45, 2.75) is 20.8 Å². The zero-order valence-corrected chi connectivity index (χ0v) is 21.1. The van der Waals surface area contributed by atoms with Crippen molar-refractivity contribution in [3.05, 3.63) is 101 Å². The van der Waals surface area contributed by atoms with Crippen LogP contribution in [0.4, 0.5) is 5.69 Å². The number of carbonyl (C=O) groups excluding carboxylic acids is 2. The largest absolute Gasteiger partial charge is 0.497 e. The maximum Gasteiger partial charge on any atom is 0.287 e. The lowest BCUT2D eigenvalue weighted by Gasteiger charge is -2.21. The molecule has 7 heteroatoms. The first-order valence-corrected chi connectivity index (χ1v) is 11.9. The summed E-state index contributed by atoms with van der Waals surface area (Å²) in [7, 11) is 1.60. The highest BCUT2D eigenvalue weighted by Crippen LogP contribution is 2.17. The molecule has 0 atom stereocenters. The lowest BCUT2D eigenvalue weighted by atomic mass is 10.1. The first-order chi connectivity index (χ1) is 17.4. The van der Waals surface area contributed by atoms with Gasteiger partial charge in [-0.25, -0.2) is 5.43 Å². The molecule has 0 aliphatic rings. The van der Waals surface area contributed by atoms with Crippen molar-refractivity contribution >= 4 is 29.3 Å². The molecule has 3 rings (SSSR count). The van der Waals surface area contributed by atoms with Crippen LogP contribution in [0.2, 0.25) is 0 Å². The lowest BCUT2D eigenvalue weighted by Crippen LogP contribution is -2.33. The smallest absolute Gasteiger partial charge is 0.287 e. The Labute approximate surface area is 212 Å². The van der Waals surface area contributed by atoms with Crippen LogP contribution >= 0.6 is 0 Å². The number of hydrogen-bond donors (Lipinski definition) is 2. The Morgan fingerprint density at radius 3 is 2.11 bits per heavy atom. The van der Waals surface area contributed by atoms with Crippen LogP contribution in [0, 0.1) is 0 Å². The molecule has 7 nitrogen and oxygen atoms in total. The van der Waals surface area contributed by atoms with E-state index in [1.807, 2.05) is 54.6 Å². The molecule has 0 aliphatic carbocycles. The van der Waals surface area contributed by atoms with Crippen LogP contribution in [0.1, 0.15) is 42.3 Å². The van der Waals surface area contributed by atoms with Gasteiger partial charge >= 0.3 is 0 Å². The molecular weight excluding hydrogens is 452 g/mol. The van der Waals surface area contributed by atoms with Gasteiger partial charge in [-0.3, -0.25) is 9.59 Å². The van der Waals surface area contributed by atoms with E-state index in [1.165, 1.54) is 0 Å². The van der Waals surface area contributed by atoms with Crippen LogP contribution in [0.25, 0.3) is 6.08 Å². The molecule has 0 saturated heterocycles. The van der Waals surface area contributed by atoms with E-state index in [0.717, 1.165) is 35.7 Å². The second-order valence-electron chi connectivity index (χ2n) is 8.01. The quantitative estimate of drug-likeness (QED) is 0.245. The Kier molecular flexibility index (Phi) is 9.40. The van der Waals surface area contributed by atoms with Crippen LogP contribution in [0.5, 0.6) is 5.75 Å². The van der Waals surface area contributed by atoms with Gasteiger partial charge in [0.25, 0.3) is 11.8 Å². The van der Waals surface area contributed by atoms with E-state index in [1.54, 1.807) is 44.4 Å². The number of carbonyl (C=O) groups is 2. The van der Waals surface area contributed by atoms with Gasteiger partial charge in [0, 0.05) is 24.3 Å². The van der Waals surface area contributed by atoms with Crippen LogP contribution in [0.3, 0.4) is 0 Å². The van der Waals surface area contributed by atoms with Gasteiger partial charge in [-0.2, -0.15) is 5.10 Å². The van der Waals surface area contributed by atoms with E-state index < -0.39 is 5.91 Å². The van der Waals surface area contributed by atoms with Gasteiger partial charge in [0.1, 0.15) is 11.4 Å². The predicted octanol–water partition coefficient (Wildman–Crippen LogP) is 4.85. The second kappa shape index (κ2) is 12.9. The van der Waals surface area contributed by atoms with Gasteiger partial charge in [0.15, 0.2) is 0 Å². The zero-order valence-electron chi connectivity index (χ0n) is 21.1. The molecule has 0 radical (unpaired) electrons.